The van der Waals surface area contributed by atoms with E-state index >= 15 is 0 Å². The molecule has 0 saturated carbocycles. The highest BCUT2D eigenvalue weighted by atomic mass is 127. The minimum Gasteiger partial charge on any atom is -0.493 e. The van der Waals surface area contributed by atoms with Crippen LogP contribution in [-0.4, -0.2) is 42.6 Å². The summed E-state index contributed by atoms with van der Waals surface area (Å²) >= 11 is 0. The minimum absolute atomic E-state index is 0. The van der Waals surface area contributed by atoms with Gasteiger partial charge in [-0.2, -0.15) is 5.10 Å². The fraction of sp³-hybridized carbons (Fsp3) is 0.333. The number of nitrogens with zero attached hydrogens (tertiary/aromatic N) is 3. The molecule has 0 fully saturated rings. The Hall–Kier alpha value is -2.59. The maximum absolute atomic E-state index is 5.78. The molecule has 32 heavy (non-hydrogen) atoms. The maximum Gasteiger partial charge on any atom is 0.196 e. The summed E-state index contributed by atoms with van der Waals surface area (Å²) in [7, 11) is 1.69. The largest absolute Gasteiger partial charge is 0.493 e. The zero-order valence-corrected chi connectivity index (χ0v) is 21.0. The molecule has 3 rings (SSSR count). The topological polar surface area (TPSA) is 72.7 Å². The molecule has 0 saturated heterocycles. The number of aliphatic imine (C=N–C) groups is 1. The number of guanidine groups is 1. The zero-order chi connectivity index (χ0) is 21.7. The van der Waals surface area contributed by atoms with Gasteiger partial charge in [0.15, 0.2) is 5.96 Å². The summed E-state index contributed by atoms with van der Waals surface area (Å²) in [4.78, 5) is 4.70. The number of hydrogen-bond donors (Lipinski definition) is 2. The molecule has 172 valence electrons. The van der Waals surface area contributed by atoms with Gasteiger partial charge in [-0.15, -0.1) is 24.0 Å². The second-order valence-corrected chi connectivity index (χ2v) is 7.07. The SMILES string of the molecule is CCNC(=NCc1cnn(Cc2ccccc2)c1)Nc1cccc(OCCCOC)c1.I. The van der Waals surface area contributed by atoms with Gasteiger partial charge < -0.3 is 20.1 Å². The van der Waals surface area contributed by atoms with Gasteiger partial charge in [-0.1, -0.05) is 36.4 Å². The van der Waals surface area contributed by atoms with Gasteiger partial charge in [0.1, 0.15) is 5.75 Å². The lowest BCUT2D eigenvalue weighted by Crippen LogP contribution is -2.30. The summed E-state index contributed by atoms with van der Waals surface area (Å²) in [6.45, 7) is 5.42. The van der Waals surface area contributed by atoms with E-state index in [4.69, 9.17) is 14.5 Å². The van der Waals surface area contributed by atoms with E-state index in [9.17, 15) is 0 Å². The highest BCUT2D eigenvalue weighted by molar-refractivity contribution is 14.0. The number of aromatic nitrogens is 2. The second kappa shape index (κ2) is 14.5. The summed E-state index contributed by atoms with van der Waals surface area (Å²) in [5.74, 6) is 1.54. The lowest BCUT2D eigenvalue weighted by atomic mass is 10.2. The van der Waals surface area contributed by atoms with Crippen molar-refractivity contribution in [2.45, 2.75) is 26.4 Å². The van der Waals surface area contributed by atoms with Crippen LogP contribution < -0.4 is 15.4 Å². The quantitative estimate of drug-likeness (QED) is 0.159. The number of rotatable bonds is 11. The molecule has 1 aromatic heterocycles. The molecule has 0 spiro atoms. The van der Waals surface area contributed by atoms with E-state index < -0.39 is 0 Å². The monoisotopic (exact) mass is 549 g/mol. The van der Waals surface area contributed by atoms with Crippen molar-refractivity contribution in [3.05, 3.63) is 78.1 Å². The van der Waals surface area contributed by atoms with E-state index in [0.29, 0.717) is 19.8 Å². The van der Waals surface area contributed by atoms with Gasteiger partial charge in [-0.05, 0) is 24.6 Å². The molecule has 0 atom stereocenters. The van der Waals surface area contributed by atoms with Gasteiger partial charge in [0.05, 0.1) is 25.9 Å². The molecule has 0 radical (unpaired) electrons. The first-order chi connectivity index (χ1) is 15.3. The Labute approximate surface area is 207 Å². The molecule has 3 aromatic rings. The molecule has 0 amide bonds. The Morgan fingerprint density at radius 3 is 2.69 bits per heavy atom. The Balaban J connectivity index is 0.00000363. The Morgan fingerprint density at radius 1 is 1.06 bits per heavy atom. The van der Waals surface area contributed by atoms with Crippen LogP contribution in [-0.2, 0) is 17.8 Å². The summed E-state index contributed by atoms with van der Waals surface area (Å²) < 4.78 is 12.8. The Kier molecular flexibility index (Phi) is 11.6. The van der Waals surface area contributed by atoms with Crippen molar-refractivity contribution in [1.29, 1.82) is 0 Å². The van der Waals surface area contributed by atoms with Crippen LogP contribution in [0.2, 0.25) is 0 Å². The van der Waals surface area contributed by atoms with Crippen LogP contribution in [0.3, 0.4) is 0 Å². The zero-order valence-electron chi connectivity index (χ0n) is 18.7. The lowest BCUT2D eigenvalue weighted by molar-refractivity contribution is 0.172. The van der Waals surface area contributed by atoms with Crippen LogP contribution in [0.5, 0.6) is 5.75 Å². The fourth-order valence-electron chi connectivity index (χ4n) is 3.02. The fourth-order valence-corrected chi connectivity index (χ4v) is 3.02. The average molecular weight is 549 g/mol. The Morgan fingerprint density at radius 2 is 1.91 bits per heavy atom. The van der Waals surface area contributed by atoms with Crippen LogP contribution in [0.4, 0.5) is 5.69 Å². The van der Waals surface area contributed by atoms with E-state index in [1.54, 1.807) is 7.11 Å². The summed E-state index contributed by atoms with van der Waals surface area (Å²) in [6, 6.07) is 18.2. The normalized spacial score (nSPS) is 11.0. The van der Waals surface area contributed by atoms with E-state index in [2.05, 4.69) is 27.9 Å². The Bertz CT molecular complexity index is 946. The van der Waals surface area contributed by atoms with Crippen molar-refractivity contribution < 1.29 is 9.47 Å². The summed E-state index contributed by atoms with van der Waals surface area (Å²) in [6.07, 6.45) is 4.76. The molecule has 0 aliphatic heterocycles. The third kappa shape index (κ3) is 8.88. The number of anilines is 1. The molecule has 0 unspecified atom stereocenters. The van der Waals surface area contributed by atoms with Gasteiger partial charge >= 0.3 is 0 Å². The number of methoxy groups -OCH3 is 1. The van der Waals surface area contributed by atoms with Gasteiger partial charge in [0, 0.05) is 50.2 Å². The maximum atomic E-state index is 5.78. The van der Waals surface area contributed by atoms with Crippen molar-refractivity contribution in [1.82, 2.24) is 15.1 Å². The van der Waals surface area contributed by atoms with E-state index in [0.717, 1.165) is 42.5 Å². The number of ether oxygens (including phenoxy) is 2. The predicted molar refractivity (Wildman–Crippen MR) is 140 cm³/mol. The lowest BCUT2D eigenvalue weighted by Gasteiger charge is -2.12. The van der Waals surface area contributed by atoms with Crippen LogP contribution >= 0.6 is 24.0 Å². The molecule has 2 N–H and O–H groups in total. The van der Waals surface area contributed by atoms with Crippen LogP contribution in [0.15, 0.2) is 72.0 Å². The second-order valence-electron chi connectivity index (χ2n) is 7.07. The molecule has 0 aliphatic carbocycles. The van der Waals surface area contributed by atoms with Crippen LogP contribution in [0, 0.1) is 0 Å². The highest BCUT2D eigenvalue weighted by Crippen LogP contribution is 2.17. The molecule has 2 aromatic carbocycles. The van der Waals surface area contributed by atoms with Gasteiger partial charge in [0.2, 0.25) is 0 Å². The summed E-state index contributed by atoms with van der Waals surface area (Å²) in [5.41, 5.74) is 3.20. The molecular formula is C24H32IN5O2. The van der Waals surface area contributed by atoms with Crippen molar-refractivity contribution in [3.8, 4) is 5.75 Å². The summed E-state index contributed by atoms with van der Waals surface area (Å²) in [5, 5.41) is 11.1. The van der Waals surface area contributed by atoms with Crippen molar-refractivity contribution >= 4 is 35.6 Å². The number of benzene rings is 2. The van der Waals surface area contributed by atoms with Crippen molar-refractivity contribution in [3.63, 3.8) is 0 Å². The smallest absolute Gasteiger partial charge is 0.196 e. The number of hydrogen-bond acceptors (Lipinski definition) is 4. The third-order valence-electron chi connectivity index (χ3n) is 4.50. The van der Waals surface area contributed by atoms with Crippen molar-refractivity contribution in [2.24, 2.45) is 4.99 Å². The van der Waals surface area contributed by atoms with E-state index in [1.165, 1.54) is 5.56 Å². The van der Waals surface area contributed by atoms with Gasteiger partial charge in [-0.3, -0.25) is 4.68 Å². The molecule has 0 aliphatic rings. The van der Waals surface area contributed by atoms with Crippen LogP contribution in [0.25, 0.3) is 0 Å². The van der Waals surface area contributed by atoms with Crippen molar-refractivity contribution in [2.75, 3.05) is 32.2 Å². The first-order valence-electron chi connectivity index (χ1n) is 10.6. The molecule has 0 bridgehead atoms. The minimum atomic E-state index is 0. The van der Waals surface area contributed by atoms with E-state index in [1.807, 2.05) is 66.5 Å². The number of nitrogens with one attached hydrogen (secondary N) is 2. The predicted octanol–water partition coefficient (Wildman–Crippen LogP) is 4.54. The molecule has 8 heteroatoms. The first kappa shape index (κ1) is 25.7. The highest BCUT2D eigenvalue weighted by Gasteiger charge is 2.04. The van der Waals surface area contributed by atoms with Gasteiger partial charge in [-0.25, -0.2) is 4.99 Å². The van der Waals surface area contributed by atoms with Crippen LogP contribution in [0.1, 0.15) is 24.5 Å². The van der Waals surface area contributed by atoms with Gasteiger partial charge in [0.25, 0.3) is 0 Å². The molecule has 1 heterocycles. The first-order valence-corrected chi connectivity index (χ1v) is 10.6. The van der Waals surface area contributed by atoms with E-state index in [-0.39, 0.29) is 24.0 Å². The number of halogens is 1. The average Bonchev–Trinajstić information content (AvgIpc) is 3.23. The molecular weight excluding hydrogens is 517 g/mol. The standard InChI is InChI=1S/C24H31N5O2.HI/c1-3-25-24(28-22-11-7-12-23(15-22)31-14-8-13-30-2)26-16-21-17-27-29(19-21)18-20-9-5-4-6-10-20;/h4-7,9-12,15,17,19H,3,8,13-14,16,18H2,1-2H3,(H2,25,26,28);1H. The third-order valence-corrected chi connectivity index (χ3v) is 4.50. The molecule has 7 nitrogen and oxygen atoms in total.